The molecule has 1 aromatic carbocycles. The standard InChI is InChI=1S/C14H13Cl2NOS/c15-9-4-5-10-11(8-9)19-13(12(10)16)14(18)17-6-2-1-3-7-17/h4-5,8H,1-3,6-7H2. The summed E-state index contributed by atoms with van der Waals surface area (Å²) in [4.78, 5) is 15.0. The van der Waals surface area contributed by atoms with Crippen molar-refractivity contribution in [2.75, 3.05) is 13.1 Å². The van der Waals surface area contributed by atoms with Crippen LogP contribution in [0.4, 0.5) is 0 Å². The molecule has 0 unspecified atom stereocenters. The number of hydrogen-bond donors (Lipinski definition) is 0. The summed E-state index contributed by atoms with van der Waals surface area (Å²) in [6, 6.07) is 5.54. The van der Waals surface area contributed by atoms with E-state index in [1.807, 2.05) is 17.0 Å². The maximum absolute atomic E-state index is 12.5. The van der Waals surface area contributed by atoms with E-state index in [-0.39, 0.29) is 5.91 Å². The molecule has 2 heterocycles. The number of carbonyl (C=O) groups excluding carboxylic acids is 1. The molecule has 0 atom stereocenters. The van der Waals surface area contributed by atoms with E-state index in [1.54, 1.807) is 6.07 Å². The number of hydrogen-bond acceptors (Lipinski definition) is 2. The number of halogens is 2. The normalized spacial score (nSPS) is 16.0. The second-order valence-corrected chi connectivity index (χ2v) is 6.61. The van der Waals surface area contributed by atoms with Gasteiger partial charge >= 0.3 is 0 Å². The molecule has 1 fully saturated rings. The van der Waals surface area contributed by atoms with Crippen LogP contribution in [0, 0.1) is 0 Å². The third-order valence-corrected chi connectivity index (χ3v) is 5.31. The Morgan fingerprint density at radius 1 is 1.16 bits per heavy atom. The topological polar surface area (TPSA) is 20.3 Å². The second kappa shape index (κ2) is 5.31. The number of amides is 1. The molecule has 19 heavy (non-hydrogen) atoms. The molecule has 1 saturated heterocycles. The fraction of sp³-hybridized carbons (Fsp3) is 0.357. The zero-order valence-electron chi connectivity index (χ0n) is 10.3. The summed E-state index contributed by atoms with van der Waals surface area (Å²) in [5.41, 5.74) is 0. The Labute approximate surface area is 125 Å². The Morgan fingerprint density at radius 2 is 1.89 bits per heavy atom. The molecule has 0 bridgehead atoms. The first-order valence-electron chi connectivity index (χ1n) is 6.33. The largest absolute Gasteiger partial charge is 0.338 e. The Morgan fingerprint density at radius 3 is 2.63 bits per heavy atom. The summed E-state index contributed by atoms with van der Waals surface area (Å²) >= 11 is 13.8. The molecule has 5 heteroatoms. The van der Waals surface area contributed by atoms with Gasteiger partial charge in [0.2, 0.25) is 0 Å². The summed E-state index contributed by atoms with van der Waals surface area (Å²) in [7, 11) is 0. The predicted octanol–water partition coefficient (Wildman–Crippen LogP) is 4.83. The molecule has 3 rings (SSSR count). The van der Waals surface area contributed by atoms with Crippen LogP contribution in [0.25, 0.3) is 10.1 Å². The number of piperidine rings is 1. The molecule has 1 aromatic heterocycles. The van der Waals surface area contributed by atoms with Gasteiger partial charge in [0.1, 0.15) is 4.88 Å². The highest BCUT2D eigenvalue weighted by Crippen LogP contribution is 2.37. The Bertz CT molecular complexity index is 632. The van der Waals surface area contributed by atoms with E-state index >= 15 is 0 Å². The van der Waals surface area contributed by atoms with Gasteiger partial charge in [-0.2, -0.15) is 0 Å². The van der Waals surface area contributed by atoms with Gasteiger partial charge in [0, 0.05) is 28.2 Å². The molecular formula is C14H13Cl2NOS. The lowest BCUT2D eigenvalue weighted by molar-refractivity contribution is 0.0729. The monoisotopic (exact) mass is 313 g/mol. The van der Waals surface area contributed by atoms with E-state index in [2.05, 4.69) is 0 Å². The molecule has 0 spiro atoms. The van der Waals surface area contributed by atoms with Gasteiger partial charge < -0.3 is 4.90 Å². The van der Waals surface area contributed by atoms with E-state index in [9.17, 15) is 4.79 Å². The molecule has 1 amide bonds. The average molecular weight is 314 g/mol. The van der Waals surface area contributed by atoms with E-state index < -0.39 is 0 Å². The molecule has 2 aromatic rings. The van der Waals surface area contributed by atoms with Crippen molar-refractivity contribution in [1.82, 2.24) is 4.90 Å². The minimum atomic E-state index is 0.0574. The van der Waals surface area contributed by atoms with Gasteiger partial charge in [-0.05, 0) is 31.4 Å². The van der Waals surface area contributed by atoms with Crippen LogP contribution in [-0.2, 0) is 0 Å². The summed E-state index contributed by atoms with van der Waals surface area (Å²) in [6.45, 7) is 1.67. The predicted molar refractivity (Wildman–Crippen MR) is 81.6 cm³/mol. The summed E-state index contributed by atoms with van der Waals surface area (Å²) < 4.78 is 0.970. The molecule has 1 aliphatic heterocycles. The highest BCUT2D eigenvalue weighted by molar-refractivity contribution is 7.21. The minimum absolute atomic E-state index is 0.0574. The maximum Gasteiger partial charge on any atom is 0.265 e. The fourth-order valence-corrected chi connectivity index (χ4v) is 4.17. The van der Waals surface area contributed by atoms with Crippen molar-refractivity contribution in [1.29, 1.82) is 0 Å². The highest BCUT2D eigenvalue weighted by atomic mass is 35.5. The second-order valence-electron chi connectivity index (χ2n) is 4.74. The van der Waals surface area contributed by atoms with Crippen LogP contribution in [0.15, 0.2) is 18.2 Å². The number of thiophene rings is 1. The average Bonchev–Trinajstić information content (AvgIpc) is 2.75. The molecule has 0 aliphatic carbocycles. The lowest BCUT2D eigenvalue weighted by atomic mass is 10.1. The van der Waals surface area contributed by atoms with Gasteiger partial charge in [0.05, 0.1) is 5.02 Å². The Balaban J connectivity index is 2.00. The third-order valence-electron chi connectivity index (χ3n) is 3.43. The molecule has 2 nitrogen and oxygen atoms in total. The van der Waals surface area contributed by atoms with Crippen molar-refractivity contribution < 1.29 is 4.79 Å². The van der Waals surface area contributed by atoms with E-state index in [0.717, 1.165) is 36.0 Å². The first-order valence-corrected chi connectivity index (χ1v) is 7.91. The van der Waals surface area contributed by atoms with Gasteiger partial charge in [-0.15, -0.1) is 11.3 Å². The molecule has 0 N–H and O–H groups in total. The van der Waals surface area contributed by atoms with Gasteiger partial charge in [0.25, 0.3) is 5.91 Å². The quantitative estimate of drug-likeness (QED) is 0.738. The zero-order chi connectivity index (χ0) is 13.4. The number of carbonyl (C=O) groups is 1. The van der Waals surface area contributed by atoms with Crippen LogP contribution >= 0.6 is 34.5 Å². The van der Waals surface area contributed by atoms with Gasteiger partial charge in [-0.25, -0.2) is 0 Å². The van der Waals surface area contributed by atoms with Gasteiger partial charge in [-0.1, -0.05) is 29.3 Å². The third kappa shape index (κ3) is 2.47. The maximum atomic E-state index is 12.5. The lowest BCUT2D eigenvalue weighted by Gasteiger charge is -2.26. The first kappa shape index (κ1) is 13.2. The molecule has 100 valence electrons. The zero-order valence-corrected chi connectivity index (χ0v) is 12.6. The highest BCUT2D eigenvalue weighted by Gasteiger charge is 2.23. The summed E-state index contributed by atoms with van der Waals surface area (Å²) in [5, 5.41) is 2.14. The van der Waals surface area contributed by atoms with E-state index in [1.165, 1.54) is 17.8 Å². The van der Waals surface area contributed by atoms with Crippen molar-refractivity contribution in [3.8, 4) is 0 Å². The van der Waals surface area contributed by atoms with Crippen molar-refractivity contribution >= 4 is 50.5 Å². The molecule has 1 aliphatic rings. The van der Waals surface area contributed by atoms with Gasteiger partial charge in [0.15, 0.2) is 0 Å². The fourth-order valence-electron chi connectivity index (χ4n) is 2.42. The Hall–Kier alpha value is -0.770. The van der Waals surface area contributed by atoms with Gasteiger partial charge in [-0.3, -0.25) is 4.79 Å². The van der Waals surface area contributed by atoms with E-state index in [0.29, 0.717) is 14.9 Å². The number of nitrogens with zero attached hydrogens (tertiary/aromatic N) is 1. The lowest BCUT2D eigenvalue weighted by Crippen LogP contribution is -2.35. The summed E-state index contributed by atoms with van der Waals surface area (Å²) in [5.74, 6) is 0.0574. The minimum Gasteiger partial charge on any atom is -0.338 e. The number of fused-ring (bicyclic) bond motifs is 1. The number of benzene rings is 1. The molecule has 0 radical (unpaired) electrons. The van der Waals surface area contributed by atoms with Crippen LogP contribution in [-0.4, -0.2) is 23.9 Å². The van der Waals surface area contributed by atoms with Crippen LogP contribution in [0.1, 0.15) is 28.9 Å². The molecular weight excluding hydrogens is 301 g/mol. The first-order chi connectivity index (χ1) is 9.16. The SMILES string of the molecule is O=C(c1sc2cc(Cl)ccc2c1Cl)N1CCCCC1. The van der Waals surface area contributed by atoms with Crippen molar-refractivity contribution in [2.24, 2.45) is 0 Å². The number of likely N-dealkylation sites (tertiary alicyclic amines) is 1. The number of rotatable bonds is 1. The van der Waals surface area contributed by atoms with E-state index in [4.69, 9.17) is 23.2 Å². The van der Waals surface area contributed by atoms with Crippen molar-refractivity contribution in [3.05, 3.63) is 33.1 Å². The van der Waals surface area contributed by atoms with Crippen molar-refractivity contribution in [3.63, 3.8) is 0 Å². The van der Waals surface area contributed by atoms with Crippen LogP contribution in [0.5, 0.6) is 0 Å². The Kier molecular flexibility index (Phi) is 3.70. The summed E-state index contributed by atoms with van der Waals surface area (Å²) in [6.07, 6.45) is 3.37. The van der Waals surface area contributed by atoms with Crippen LogP contribution in [0.2, 0.25) is 10.0 Å². The van der Waals surface area contributed by atoms with Crippen LogP contribution < -0.4 is 0 Å². The van der Waals surface area contributed by atoms with Crippen molar-refractivity contribution in [2.45, 2.75) is 19.3 Å². The van der Waals surface area contributed by atoms with Crippen LogP contribution in [0.3, 0.4) is 0 Å². The smallest absolute Gasteiger partial charge is 0.265 e. The molecule has 0 saturated carbocycles.